The molecule has 0 saturated carbocycles. The minimum Gasteiger partial charge on any atom is -0.454 e. The van der Waals surface area contributed by atoms with Crippen molar-refractivity contribution in [1.29, 1.82) is 0 Å². The Bertz CT molecular complexity index is 672. The molecule has 1 aromatic carbocycles. The molecular weight excluding hydrogens is 242 g/mol. The van der Waals surface area contributed by atoms with E-state index in [4.69, 9.17) is 9.47 Å². The maximum atomic E-state index is 11.9. The predicted octanol–water partition coefficient (Wildman–Crippen LogP) is 2.73. The average molecular weight is 255 g/mol. The Morgan fingerprint density at radius 2 is 1.95 bits per heavy atom. The van der Waals surface area contributed by atoms with Gasteiger partial charge in [0.05, 0.1) is 0 Å². The number of nitrogens with zero attached hydrogens (tertiary/aromatic N) is 1. The number of ketones is 1. The molecule has 4 nitrogen and oxygen atoms in total. The SMILES string of the molecule is O=C1CCCc2c1ccn2-c1ccc2c(c1)OCO2. The summed E-state index contributed by atoms with van der Waals surface area (Å²) in [6.07, 6.45) is 4.51. The molecule has 96 valence electrons. The van der Waals surface area contributed by atoms with Crippen molar-refractivity contribution < 1.29 is 14.3 Å². The van der Waals surface area contributed by atoms with Crippen LogP contribution in [0.15, 0.2) is 30.5 Å². The summed E-state index contributed by atoms with van der Waals surface area (Å²) in [5.74, 6) is 1.80. The Morgan fingerprint density at radius 1 is 1.05 bits per heavy atom. The highest BCUT2D eigenvalue weighted by molar-refractivity contribution is 5.98. The molecule has 0 unspecified atom stereocenters. The fourth-order valence-electron chi connectivity index (χ4n) is 2.80. The third-order valence-electron chi connectivity index (χ3n) is 3.74. The fourth-order valence-corrected chi connectivity index (χ4v) is 2.80. The van der Waals surface area contributed by atoms with E-state index < -0.39 is 0 Å². The molecule has 1 aliphatic carbocycles. The van der Waals surface area contributed by atoms with Crippen LogP contribution in [0.2, 0.25) is 0 Å². The Hall–Kier alpha value is -2.23. The van der Waals surface area contributed by atoms with Crippen molar-refractivity contribution in [3.63, 3.8) is 0 Å². The highest BCUT2D eigenvalue weighted by Crippen LogP contribution is 2.35. The van der Waals surface area contributed by atoms with Crippen molar-refractivity contribution in [3.05, 3.63) is 41.7 Å². The molecule has 2 heterocycles. The molecule has 0 bridgehead atoms. The number of ether oxygens (including phenoxy) is 2. The van der Waals surface area contributed by atoms with Gasteiger partial charge in [-0.2, -0.15) is 0 Å². The van der Waals surface area contributed by atoms with Crippen LogP contribution in [0, 0.1) is 0 Å². The number of fused-ring (bicyclic) bond motifs is 2. The number of hydrogen-bond acceptors (Lipinski definition) is 3. The molecule has 19 heavy (non-hydrogen) atoms. The number of aromatic nitrogens is 1. The van der Waals surface area contributed by atoms with Crippen LogP contribution in [0.25, 0.3) is 5.69 Å². The van der Waals surface area contributed by atoms with E-state index >= 15 is 0 Å². The number of benzene rings is 1. The van der Waals surface area contributed by atoms with Crippen molar-refractivity contribution in [2.24, 2.45) is 0 Å². The van der Waals surface area contributed by atoms with Gasteiger partial charge in [-0.1, -0.05) is 0 Å². The molecule has 0 saturated heterocycles. The predicted molar refractivity (Wildman–Crippen MR) is 69.2 cm³/mol. The summed E-state index contributed by atoms with van der Waals surface area (Å²) < 4.78 is 12.8. The Balaban J connectivity index is 1.83. The molecular formula is C15H13NO3. The van der Waals surface area contributed by atoms with E-state index in [-0.39, 0.29) is 12.6 Å². The molecule has 1 aromatic heterocycles. The smallest absolute Gasteiger partial charge is 0.231 e. The van der Waals surface area contributed by atoms with Crippen LogP contribution in [0.5, 0.6) is 11.5 Å². The van der Waals surface area contributed by atoms with Crippen LogP contribution in [0.4, 0.5) is 0 Å². The first kappa shape index (κ1) is 10.7. The van der Waals surface area contributed by atoms with Gasteiger partial charge in [0.25, 0.3) is 0 Å². The van der Waals surface area contributed by atoms with Gasteiger partial charge in [0.2, 0.25) is 6.79 Å². The summed E-state index contributed by atoms with van der Waals surface area (Å²) in [7, 11) is 0. The molecule has 1 aliphatic heterocycles. The Morgan fingerprint density at radius 3 is 2.89 bits per heavy atom. The molecule has 2 aromatic rings. The molecule has 0 atom stereocenters. The van der Waals surface area contributed by atoms with Gasteiger partial charge in [0.15, 0.2) is 17.3 Å². The third-order valence-corrected chi connectivity index (χ3v) is 3.74. The zero-order chi connectivity index (χ0) is 12.8. The summed E-state index contributed by atoms with van der Waals surface area (Å²) in [6.45, 7) is 0.279. The van der Waals surface area contributed by atoms with Crippen LogP contribution in [-0.2, 0) is 6.42 Å². The lowest BCUT2D eigenvalue weighted by molar-refractivity contribution is 0.0972. The van der Waals surface area contributed by atoms with E-state index in [1.54, 1.807) is 0 Å². The number of carbonyl (C=O) groups excluding carboxylic acids is 1. The Kier molecular flexibility index (Phi) is 2.18. The molecule has 0 radical (unpaired) electrons. The number of hydrogen-bond donors (Lipinski definition) is 0. The van der Waals surface area contributed by atoms with E-state index in [1.165, 1.54) is 0 Å². The maximum absolute atomic E-state index is 11.9. The van der Waals surface area contributed by atoms with Gasteiger partial charge >= 0.3 is 0 Å². The van der Waals surface area contributed by atoms with E-state index in [2.05, 4.69) is 4.57 Å². The number of rotatable bonds is 1. The molecule has 0 amide bonds. The number of Topliss-reactive ketones (excluding diaryl/α,β-unsaturated/α-hetero) is 1. The first-order valence-corrected chi connectivity index (χ1v) is 6.46. The van der Waals surface area contributed by atoms with Gasteiger partial charge in [-0.25, -0.2) is 0 Å². The molecule has 0 N–H and O–H groups in total. The topological polar surface area (TPSA) is 40.5 Å². The quantitative estimate of drug-likeness (QED) is 0.786. The summed E-state index contributed by atoms with van der Waals surface area (Å²) in [6, 6.07) is 7.78. The zero-order valence-corrected chi connectivity index (χ0v) is 10.4. The van der Waals surface area contributed by atoms with Crippen LogP contribution in [-0.4, -0.2) is 17.1 Å². The van der Waals surface area contributed by atoms with Crippen LogP contribution < -0.4 is 9.47 Å². The fraction of sp³-hybridized carbons (Fsp3) is 0.267. The van der Waals surface area contributed by atoms with Crippen molar-refractivity contribution >= 4 is 5.78 Å². The molecule has 2 aliphatic rings. The highest BCUT2D eigenvalue weighted by Gasteiger charge is 2.22. The van der Waals surface area contributed by atoms with Crippen LogP contribution in [0.1, 0.15) is 28.9 Å². The Labute approximate surface area is 110 Å². The lowest BCUT2D eigenvalue weighted by Gasteiger charge is -2.15. The first-order valence-electron chi connectivity index (χ1n) is 6.46. The van der Waals surface area contributed by atoms with Gasteiger partial charge in [-0.05, 0) is 31.0 Å². The van der Waals surface area contributed by atoms with Crippen molar-refractivity contribution in [2.75, 3.05) is 6.79 Å². The van der Waals surface area contributed by atoms with Gasteiger partial charge in [-0.3, -0.25) is 4.79 Å². The van der Waals surface area contributed by atoms with Crippen molar-refractivity contribution in [3.8, 4) is 17.2 Å². The van der Waals surface area contributed by atoms with E-state index in [0.29, 0.717) is 6.42 Å². The zero-order valence-electron chi connectivity index (χ0n) is 10.4. The molecule has 0 spiro atoms. The van der Waals surface area contributed by atoms with Gasteiger partial charge in [0.1, 0.15) is 0 Å². The van der Waals surface area contributed by atoms with E-state index in [0.717, 1.165) is 41.3 Å². The van der Waals surface area contributed by atoms with Gasteiger partial charge in [-0.15, -0.1) is 0 Å². The maximum Gasteiger partial charge on any atom is 0.231 e. The second-order valence-electron chi connectivity index (χ2n) is 4.86. The number of carbonyl (C=O) groups is 1. The summed E-state index contributed by atoms with van der Waals surface area (Å²) in [5, 5.41) is 0. The van der Waals surface area contributed by atoms with Gasteiger partial charge < -0.3 is 14.0 Å². The molecule has 4 rings (SSSR count). The van der Waals surface area contributed by atoms with Crippen molar-refractivity contribution in [2.45, 2.75) is 19.3 Å². The van der Waals surface area contributed by atoms with Gasteiger partial charge in [0, 0.05) is 35.6 Å². The van der Waals surface area contributed by atoms with E-state index in [9.17, 15) is 4.79 Å². The average Bonchev–Trinajstić information content (AvgIpc) is 3.04. The highest BCUT2D eigenvalue weighted by atomic mass is 16.7. The summed E-state index contributed by atoms with van der Waals surface area (Å²) in [4.78, 5) is 11.9. The second kappa shape index (κ2) is 3.88. The minimum atomic E-state index is 0.251. The largest absolute Gasteiger partial charge is 0.454 e. The monoisotopic (exact) mass is 255 g/mol. The normalized spacial score (nSPS) is 16.5. The summed E-state index contributed by atoms with van der Waals surface area (Å²) >= 11 is 0. The second-order valence-corrected chi connectivity index (χ2v) is 4.86. The van der Waals surface area contributed by atoms with E-state index in [1.807, 2.05) is 30.5 Å². The lowest BCUT2D eigenvalue weighted by atomic mass is 9.97. The standard InChI is InChI=1S/C15H13NO3/c17-13-3-1-2-12-11(13)6-7-16(12)10-4-5-14-15(8-10)19-9-18-14/h4-8H,1-3,9H2. The minimum absolute atomic E-state index is 0.251. The van der Waals surface area contributed by atoms with Crippen molar-refractivity contribution in [1.82, 2.24) is 4.57 Å². The van der Waals surface area contributed by atoms with Crippen LogP contribution in [0.3, 0.4) is 0 Å². The molecule has 0 fully saturated rings. The third kappa shape index (κ3) is 1.56. The summed E-state index contributed by atoms with van der Waals surface area (Å²) in [5.41, 5.74) is 2.99. The molecule has 4 heteroatoms. The first-order chi connectivity index (χ1) is 9.33. The lowest BCUT2D eigenvalue weighted by Crippen LogP contribution is -2.12. The van der Waals surface area contributed by atoms with Crippen LogP contribution >= 0.6 is 0 Å².